The molecule has 15 heavy (non-hydrogen) atoms. The van der Waals surface area contributed by atoms with Crippen LogP contribution in [0.5, 0.6) is 0 Å². The van der Waals surface area contributed by atoms with Gasteiger partial charge in [0, 0.05) is 0 Å². The molecule has 1 atom stereocenters. The van der Waals surface area contributed by atoms with Crippen LogP contribution in [-0.4, -0.2) is 10.5 Å². The average Bonchev–Trinajstić information content (AvgIpc) is 1.55. The van der Waals surface area contributed by atoms with Gasteiger partial charge < -0.3 is 19.2 Å². The fourth-order valence-electron chi connectivity index (χ4n) is 0. The molecule has 0 aromatic carbocycles. The minimum absolute atomic E-state index is 0. The molecule has 0 radical (unpaired) electrons. The van der Waals surface area contributed by atoms with Crippen LogP contribution in [0.2, 0.25) is 0 Å². The van der Waals surface area contributed by atoms with E-state index in [1.165, 1.54) is 0 Å². The molecule has 0 rings (SSSR count). The van der Waals surface area contributed by atoms with Gasteiger partial charge >= 0.3 is 94.8 Å². The maximum absolute atomic E-state index is 11.0. The van der Waals surface area contributed by atoms with E-state index >= 15 is 0 Å². The molecule has 0 aliphatic carbocycles. The predicted molar refractivity (Wildman–Crippen MR) is 32.2 cm³/mol. The number of halogens is 5. The van der Waals surface area contributed by atoms with Crippen molar-refractivity contribution in [1.82, 2.24) is 0 Å². The van der Waals surface area contributed by atoms with Crippen molar-refractivity contribution in [3.05, 3.63) is 0 Å². The first-order valence-electron chi connectivity index (χ1n) is 2.02. The summed E-state index contributed by atoms with van der Waals surface area (Å²) >= 11 is 6.68. The zero-order valence-electron chi connectivity index (χ0n) is 8.05. The quantitative estimate of drug-likeness (QED) is 0.244. The largest absolute Gasteiger partial charge is 1.00 e. The molecule has 0 aliphatic rings. The third-order valence-electron chi connectivity index (χ3n) is 0.247. The van der Waals surface area contributed by atoms with Crippen molar-refractivity contribution in [2.45, 2.75) is 10.5 Å². The van der Waals surface area contributed by atoms with Crippen LogP contribution < -0.4 is 103 Å². The number of rotatable bonds is 0. The molecule has 0 aromatic heterocycles. The van der Waals surface area contributed by atoms with Gasteiger partial charge in [0.2, 0.25) is 0 Å². The Morgan fingerprint density at radius 1 is 1.13 bits per heavy atom. The second kappa shape index (κ2) is 14.1. The molecular weight excluding hydrogens is 360 g/mol. The summed E-state index contributed by atoms with van der Waals surface area (Å²) in [6.07, 6.45) is -4.32. The summed E-state index contributed by atoms with van der Waals surface area (Å²) in [7, 11) is -5.39. The van der Waals surface area contributed by atoms with Crippen LogP contribution in [0, 0.1) is 0 Å². The van der Waals surface area contributed by atoms with Gasteiger partial charge in [0.05, 0.1) is 0 Å². The van der Waals surface area contributed by atoms with Crippen molar-refractivity contribution in [3.63, 3.8) is 0 Å². The Hall–Kier alpha value is 3.67. The molecule has 1 unspecified atom stereocenters. The van der Waals surface area contributed by atoms with E-state index in [9.17, 15) is 13.2 Å². The second-order valence-corrected chi connectivity index (χ2v) is 4.06. The van der Waals surface area contributed by atoms with Gasteiger partial charge in [0.1, 0.15) is 0 Å². The van der Waals surface area contributed by atoms with Crippen LogP contribution in [-0.2, 0) is 4.57 Å². The average molecular weight is 361 g/mol. The van der Waals surface area contributed by atoms with E-state index in [4.69, 9.17) is 19.2 Å². The summed E-state index contributed by atoms with van der Waals surface area (Å²) in [6, 6.07) is 0. The van der Waals surface area contributed by atoms with E-state index < -0.39 is 18.3 Å². The zero-order chi connectivity index (χ0) is 10.6. The van der Waals surface area contributed by atoms with Crippen molar-refractivity contribution in [2.75, 3.05) is 0 Å². The number of hydrogen-bond donors (Lipinski definition) is 0. The Kier molecular flexibility index (Phi) is 29.3. The SMILES string of the molecule is FC(F)(F)C(Cl)Br.O=P([O-])([O-])[O-].[Na+].[Na+].[Na+]. The van der Waals surface area contributed by atoms with Gasteiger partial charge in [-0.05, 0) is 0 Å². The summed E-state index contributed by atoms with van der Waals surface area (Å²) in [5.74, 6) is 0. The first-order valence-corrected chi connectivity index (χ1v) is 4.84. The Labute approximate surface area is 164 Å². The first kappa shape index (κ1) is 31.2. The summed E-state index contributed by atoms with van der Waals surface area (Å²) in [6.45, 7) is 0. The van der Waals surface area contributed by atoms with Gasteiger partial charge in [-0.1, -0.05) is 15.9 Å². The fourth-order valence-corrected chi connectivity index (χ4v) is 0. The molecule has 0 aromatic rings. The maximum Gasteiger partial charge on any atom is 1.00 e. The van der Waals surface area contributed by atoms with Crippen LogP contribution >= 0.6 is 35.4 Å². The maximum atomic E-state index is 11.0. The van der Waals surface area contributed by atoms with Gasteiger partial charge in [-0.15, -0.1) is 11.6 Å². The monoisotopic (exact) mass is 360 g/mol. The smallest absolute Gasteiger partial charge is 0.822 e. The summed E-state index contributed by atoms with van der Waals surface area (Å²) in [4.78, 5) is 25.6. The van der Waals surface area contributed by atoms with Crippen LogP contribution in [0.15, 0.2) is 0 Å². The Morgan fingerprint density at radius 2 is 1.20 bits per heavy atom. The topological polar surface area (TPSA) is 86.2 Å². The van der Waals surface area contributed by atoms with E-state index in [0.717, 1.165) is 0 Å². The summed E-state index contributed by atoms with van der Waals surface area (Å²) in [5, 5.41) is 0. The van der Waals surface area contributed by atoms with E-state index in [2.05, 4.69) is 27.5 Å². The Bertz CT molecular complexity index is 169. The molecule has 0 spiro atoms. The van der Waals surface area contributed by atoms with Crippen molar-refractivity contribution < 1.29 is 121 Å². The second-order valence-electron chi connectivity index (χ2n) is 1.29. The number of hydrogen-bond acceptors (Lipinski definition) is 4. The predicted octanol–water partition coefficient (Wildman–Crippen LogP) is -9.30. The summed E-state index contributed by atoms with van der Waals surface area (Å²) in [5.41, 5.74) is 0. The number of alkyl halides is 5. The van der Waals surface area contributed by atoms with Crippen molar-refractivity contribution >= 4 is 35.4 Å². The molecule has 0 fully saturated rings. The standard InChI is InChI=1S/C2HBrClF3.3Na.H3O4P/c3-1(4)2(5,6)7;;;;1-5(2,3)4/h1H;;;;(H3,1,2,3,4)/q;3*+1;/p-3. The molecule has 0 saturated carbocycles. The minimum atomic E-state index is -5.39. The van der Waals surface area contributed by atoms with Gasteiger partial charge in [-0.2, -0.15) is 21.0 Å². The molecule has 76 valence electrons. The first-order chi connectivity index (χ1) is 4.94. The molecule has 0 N–H and O–H groups in total. The third kappa shape index (κ3) is 46.4. The van der Waals surface area contributed by atoms with E-state index in [-0.39, 0.29) is 88.7 Å². The van der Waals surface area contributed by atoms with Crippen molar-refractivity contribution in [2.24, 2.45) is 0 Å². The molecule has 0 saturated heterocycles. The van der Waals surface area contributed by atoms with Crippen LogP contribution in [0.25, 0.3) is 0 Å². The van der Waals surface area contributed by atoms with Crippen LogP contribution in [0.4, 0.5) is 13.2 Å². The molecule has 4 nitrogen and oxygen atoms in total. The molecule has 0 heterocycles. The van der Waals surface area contributed by atoms with Gasteiger partial charge in [0.15, 0.2) is 4.29 Å². The molecule has 0 amide bonds. The van der Waals surface area contributed by atoms with Gasteiger partial charge in [0.25, 0.3) is 0 Å². The molecule has 0 aliphatic heterocycles. The van der Waals surface area contributed by atoms with Gasteiger partial charge in [-0.3, -0.25) is 0 Å². The van der Waals surface area contributed by atoms with Gasteiger partial charge in [-0.25, -0.2) is 0 Å². The number of phosphoric acid groups is 1. The Balaban J connectivity index is -0.0000000383. The van der Waals surface area contributed by atoms with E-state index in [0.29, 0.717) is 0 Å². The fraction of sp³-hybridized carbons (Fsp3) is 1.00. The summed E-state index contributed by atoms with van der Waals surface area (Å²) < 4.78 is 39.6. The van der Waals surface area contributed by atoms with Crippen LogP contribution in [0.1, 0.15) is 0 Å². The molecule has 13 heteroatoms. The van der Waals surface area contributed by atoms with E-state index in [1.54, 1.807) is 0 Å². The normalized spacial score (nSPS) is 11.7. The zero-order valence-corrected chi connectivity index (χ0v) is 17.3. The van der Waals surface area contributed by atoms with E-state index in [1.807, 2.05) is 0 Å². The van der Waals surface area contributed by atoms with Crippen LogP contribution in [0.3, 0.4) is 0 Å². The van der Waals surface area contributed by atoms with Crippen molar-refractivity contribution in [1.29, 1.82) is 0 Å². The van der Waals surface area contributed by atoms with Crippen molar-refractivity contribution in [3.8, 4) is 0 Å². The minimum Gasteiger partial charge on any atom is -0.822 e. The molecule has 0 bridgehead atoms. The molecular formula is C2HBrClF3Na3O4P. The Morgan fingerprint density at radius 3 is 1.20 bits per heavy atom. The third-order valence-corrected chi connectivity index (χ3v) is 1.01.